The summed E-state index contributed by atoms with van der Waals surface area (Å²) in [4.78, 5) is 0. The Morgan fingerprint density at radius 2 is 0.340 bits per heavy atom. The van der Waals surface area contributed by atoms with Gasteiger partial charge in [-0.25, -0.2) is 0 Å². The molecule has 29 aromatic carbocycles. The monoisotopic (exact) mass is 1890 g/mol. The van der Waals surface area contributed by atoms with Crippen LogP contribution in [0.5, 0.6) is 0 Å². The molecule has 0 bridgehead atoms. The van der Waals surface area contributed by atoms with E-state index in [1.165, 1.54) is 0 Å². The van der Waals surface area contributed by atoms with E-state index in [1.807, 2.05) is 291 Å². The van der Waals surface area contributed by atoms with Gasteiger partial charge in [0.1, 0.15) is 33.5 Å². The van der Waals surface area contributed by atoms with Crippen LogP contribution in [-0.4, -0.2) is 0 Å². The fourth-order valence-electron chi connectivity index (χ4n) is 23.0. The summed E-state index contributed by atoms with van der Waals surface area (Å²) in [6.07, 6.45) is 0. The summed E-state index contributed by atoms with van der Waals surface area (Å²) in [5.74, 6) is 0. The van der Waals surface area contributed by atoms with Gasteiger partial charge in [-0.15, -0.1) is 0 Å². The van der Waals surface area contributed by atoms with Crippen molar-refractivity contribution < 1.29 is 46.1 Å². The van der Waals surface area contributed by atoms with Crippen molar-refractivity contribution in [2.45, 2.75) is 0 Å². The second-order valence-electron chi connectivity index (χ2n) is 37.4. The van der Waals surface area contributed by atoms with Gasteiger partial charge in [0.25, 0.3) is 0 Å². The van der Waals surface area contributed by atoms with Gasteiger partial charge in [-0.3, -0.25) is 0 Å². The van der Waals surface area contributed by atoms with Gasteiger partial charge >= 0.3 is 0 Å². The normalized spacial score (nSPS) is 14.2. The number of furan rings is 3. The molecule has 0 aliphatic heterocycles. The van der Waals surface area contributed by atoms with Crippen molar-refractivity contribution >= 4 is 227 Å². The molecule has 0 saturated carbocycles. The number of rotatable bonds is 8. The quantitative estimate of drug-likeness (QED) is 0.112. The van der Waals surface area contributed by atoms with Crippen LogP contribution in [0.1, 0.15) is 32.9 Å². The first kappa shape index (κ1) is 62.8. The number of benzene rings is 29. The molecule has 0 N–H and O–H groups in total. The fourth-order valence-corrected chi connectivity index (χ4v) is 23.0. The molecular formula is C144H86O3. The highest BCUT2D eigenvalue weighted by Gasteiger charge is 2.26. The zero-order chi connectivity index (χ0) is 117. The number of hydrogen-bond donors (Lipinski definition) is 0. The van der Waals surface area contributed by atoms with Crippen molar-refractivity contribution in [1.29, 1.82) is 0 Å². The first-order valence-electron chi connectivity index (χ1n) is 60.7. The lowest BCUT2D eigenvalue weighted by Gasteiger charge is -2.18. The van der Waals surface area contributed by atoms with Crippen LogP contribution in [0.4, 0.5) is 0 Å². The lowest BCUT2D eigenvalue weighted by Crippen LogP contribution is -1.91. The molecule has 0 fully saturated rings. The van der Waals surface area contributed by atoms with Crippen LogP contribution in [0.3, 0.4) is 0 Å². The zero-order valence-corrected chi connectivity index (χ0v) is 78.0. The van der Waals surface area contributed by atoms with Gasteiger partial charge < -0.3 is 13.3 Å². The Balaban J connectivity index is 0.000000113. The second-order valence-corrected chi connectivity index (χ2v) is 37.4. The molecule has 3 heteroatoms. The summed E-state index contributed by atoms with van der Waals surface area (Å²) in [6, 6.07) is 114. The van der Waals surface area contributed by atoms with Crippen molar-refractivity contribution in [3.8, 4) is 89.0 Å². The SMILES string of the molecule is [2H]c1c([2H])c([2H])c2c(-c3ccc4oc5c6ccccc6ccc5c4c3)c3c([2H])c([2H])c([2H])c([2H])c3c(-c3ccc(-c4cc5ccccc5c5ccccc45)cc3)c2c1[2H].[2H]c1c([2H])c([2H])c2c(-c3ccc4oc5c6ccccc6ccc5c4c3)c3c([2H])c([2H])c([2H])c([2H])c3c(-c3ccc(-c4cccc5c4ccc4ccccc45)cc3)c2c1[2H].[2H]c1c([2H])c([2H])c2c(-c3ccc4oc5c6ccccc6ccc5c4c3)c3c([2H])c([2H])c([2H])c([2H])c3c(-c3ccc4ccc5ccccc5c4c3)c2c1[2H]. The minimum atomic E-state index is -0.435. The molecule has 3 aromatic heterocycles. The van der Waals surface area contributed by atoms with E-state index in [0.717, 1.165) is 152 Å². The molecule has 32 aromatic rings. The van der Waals surface area contributed by atoms with Gasteiger partial charge in [-0.05, 0) is 301 Å². The Kier molecular flexibility index (Phi) is 14.4. The highest BCUT2D eigenvalue weighted by molar-refractivity contribution is 6.29. The third kappa shape index (κ3) is 13.4. The summed E-state index contributed by atoms with van der Waals surface area (Å²) in [7, 11) is 0. The predicted molar refractivity (Wildman–Crippen MR) is 627 cm³/mol. The van der Waals surface area contributed by atoms with Crippen molar-refractivity contribution in [2.75, 3.05) is 0 Å². The van der Waals surface area contributed by atoms with Crippen LogP contribution in [-0.2, 0) is 0 Å². The van der Waals surface area contributed by atoms with E-state index < -0.39 is 72.5 Å². The lowest BCUT2D eigenvalue weighted by atomic mass is 9.85. The molecule has 0 aliphatic rings. The summed E-state index contributed by atoms with van der Waals surface area (Å²) < 4.78 is 238. The van der Waals surface area contributed by atoms with Crippen LogP contribution in [0.2, 0.25) is 0 Å². The summed E-state index contributed by atoms with van der Waals surface area (Å²) in [5.41, 5.74) is 13.0. The molecule has 3 nitrogen and oxygen atoms in total. The van der Waals surface area contributed by atoms with Crippen LogP contribution in [0.15, 0.2) is 534 Å². The molecule has 147 heavy (non-hydrogen) atoms. The highest BCUT2D eigenvalue weighted by atomic mass is 16.3. The van der Waals surface area contributed by atoms with Crippen molar-refractivity contribution in [1.82, 2.24) is 0 Å². The van der Waals surface area contributed by atoms with Crippen LogP contribution < -0.4 is 0 Å². The molecule has 0 aliphatic carbocycles. The Morgan fingerprint density at radius 1 is 0.122 bits per heavy atom. The van der Waals surface area contributed by atoms with Crippen LogP contribution in [0.25, 0.3) is 316 Å². The fraction of sp³-hybridized carbons (Fsp3) is 0. The molecule has 32 rings (SSSR count). The molecule has 0 atom stereocenters. The molecule has 3 heterocycles. The Bertz CT molecular complexity index is 12500. The molecule has 0 saturated heterocycles. The lowest BCUT2D eigenvalue weighted by molar-refractivity contribution is 0.672. The van der Waals surface area contributed by atoms with Gasteiger partial charge in [0.05, 0.1) is 32.9 Å². The Labute approximate surface area is 878 Å². The maximum atomic E-state index is 9.41. The molecule has 0 amide bonds. The van der Waals surface area contributed by atoms with E-state index in [4.69, 9.17) is 29.7 Å². The average molecular weight is 1890 g/mol. The standard InChI is InChI=1S/2C50H30O.C44H26O/c1-4-14-37-31(11-1)25-27-44-46-30-35(26-28-47(46)51-50(37)44)49-42-19-9-7-17-40(42)48(41-18-8-10-20-43(41)49)33-23-21-32(22-24-33)45-29-34-12-2-3-13-36(34)38-15-5-6-16-39(38)45;1-3-12-36-31(10-1)24-27-40-37(18-9-19-39(36)40)33-20-22-34(23-21-33)48-41-14-5-7-16-43(41)49(44-17-8-6-15-42(44)48)35-26-29-47-46(30-35)45-28-25-32-11-2-4-13-38(32)50(45)51-47;1-3-11-32-27(9-1)17-18-29-19-20-30(25-39(29)32)42-34-13-5-7-15-36(34)43(37-16-8-6-14-35(37)42)31-22-24-41-40(26-31)38-23-21-28-10-2-4-12-33(28)44(38)45-41/h2*1-30H;1-26H/i7D,8D,9D,10D,17D,18D,19D,20D;5D,6D,7D,8D,14D,15D,16D,17D;5D,6D,7D,8D,13D,14D,15D,16D. The summed E-state index contributed by atoms with van der Waals surface area (Å²) >= 11 is 0. The average Bonchev–Trinajstić information content (AvgIpc) is 1.50. The number of fused-ring (bicyclic) bond motifs is 30. The van der Waals surface area contributed by atoms with Crippen molar-refractivity contribution in [3.05, 3.63) is 521 Å². The largest absolute Gasteiger partial charge is 0.455 e. The van der Waals surface area contributed by atoms with Gasteiger partial charge in [-0.2, -0.15) is 0 Å². The summed E-state index contributed by atoms with van der Waals surface area (Å²) in [5, 5.41) is 25.8. The first-order valence-corrected chi connectivity index (χ1v) is 48.7. The molecule has 0 spiro atoms. The van der Waals surface area contributed by atoms with E-state index >= 15 is 0 Å². The van der Waals surface area contributed by atoms with Crippen LogP contribution >= 0.6 is 0 Å². The topological polar surface area (TPSA) is 39.4 Å². The predicted octanol–water partition coefficient (Wildman–Crippen LogP) is 41.4. The third-order valence-electron chi connectivity index (χ3n) is 29.6. The van der Waals surface area contributed by atoms with E-state index in [-0.39, 0.29) is 137 Å². The van der Waals surface area contributed by atoms with E-state index in [9.17, 15) is 16.4 Å². The maximum Gasteiger partial charge on any atom is 0.143 e. The summed E-state index contributed by atoms with van der Waals surface area (Å²) in [6.45, 7) is 0. The first-order chi connectivity index (χ1) is 82.9. The smallest absolute Gasteiger partial charge is 0.143 e. The molecule has 680 valence electrons. The van der Waals surface area contributed by atoms with Crippen molar-refractivity contribution in [2.24, 2.45) is 0 Å². The highest BCUT2D eigenvalue weighted by Crippen LogP contribution is 2.53. The van der Waals surface area contributed by atoms with E-state index in [2.05, 4.69) is 66.7 Å². The van der Waals surface area contributed by atoms with Gasteiger partial charge in [-0.1, -0.05) is 454 Å². The maximum absolute atomic E-state index is 9.41. The number of hydrogen-bond acceptors (Lipinski definition) is 3. The Hall–Kier alpha value is -19.3. The molecular weight excluding hydrogens is 1780 g/mol. The van der Waals surface area contributed by atoms with Gasteiger partial charge in [0, 0.05) is 48.5 Å². The van der Waals surface area contributed by atoms with Gasteiger partial charge in [0.2, 0.25) is 0 Å². The third-order valence-corrected chi connectivity index (χ3v) is 29.6. The van der Waals surface area contributed by atoms with Crippen molar-refractivity contribution in [3.63, 3.8) is 0 Å². The second kappa shape index (κ2) is 33.7. The molecule has 0 radical (unpaired) electrons. The molecule has 0 unspecified atom stereocenters. The Morgan fingerprint density at radius 3 is 0.694 bits per heavy atom. The van der Waals surface area contributed by atoms with E-state index in [1.54, 1.807) is 18.2 Å². The minimum Gasteiger partial charge on any atom is -0.455 e. The minimum absolute atomic E-state index is 0.172. The van der Waals surface area contributed by atoms with Gasteiger partial charge in [0.15, 0.2) is 0 Å². The van der Waals surface area contributed by atoms with Crippen LogP contribution in [0, 0.1) is 0 Å². The zero-order valence-electron chi connectivity index (χ0n) is 102. The van der Waals surface area contributed by atoms with E-state index in [0.29, 0.717) is 100 Å².